The summed E-state index contributed by atoms with van der Waals surface area (Å²) in [6.07, 6.45) is 0. The second-order valence-corrected chi connectivity index (χ2v) is 0. The van der Waals surface area contributed by atoms with Crippen molar-refractivity contribution in [3.8, 4) is 0 Å². The van der Waals surface area contributed by atoms with E-state index in [9.17, 15) is 0 Å². The normalized spacial score (nSPS) is 1.00. The zero-order chi connectivity index (χ0) is 2.00. The molecular weight excluding hydrogens is 154 g/mol. The molecule has 0 aromatic carbocycles. The summed E-state index contributed by atoms with van der Waals surface area (Å²) in [6, 6.07) is 0. The molecule has 1 radical (unpaired) electrons. The van der Waals surface area contributed by atoms with Crippen LogP contribution in [0.1, 0.15) is 0 Å². The Morgan fingerprint density at radius 3 is 1.25 bits per heavy atom. The van der Waals surface area contributed by atoms with Gasteiger partial charge in [0.1, 0.15) is 0 Å². The molecule has 0 aromatic rings. The third-order valence-electron chi connectivity index (χ3n) is 0. The fourth-order valence-corrected chi connectivity index (χ4v) is 0. The maximum atomic E-state index is 8.06. The van der Waals surface area contributed by atoms with E-state index in [1.807, 2.05) is 0 Å². The zero-order valence-electron chi connectivity index (χ0n) is 1.12. The maximum absolute atomic E-state index is 8.06. The van der Waals surface area contributed by atoms with Gasteiger partial charge in [-0.15, -0.1) is 0 Å². The van der Waals surface area contributed by atoms with Crippen molar-refractivity contribution in [2.24, 2.45) is 0 Å². The van der Waals surface area contributed by atoms with Crippen LogP contribution in [-0.2, 0) is 36.6 Å². The van der Waals surface area contributed by atoms with Crippen LogP contribution < -0.4 is 0 Å². The molecule has 0 unspecified atom stereocenters. The third kappa shape index (κ3) is 9.52. The van der Waals surface area contributed by atoms with Crippen LogP contribution in [0.15, 0.2) is 0 Å². The average Bonchev–Trinajstić information content (AvgIpc) is 1.00. The van der Waals surface area contributed by atoms with Crippen molar-refractivity contribution in [2.45, 2.75) is 0 Å². The average molecular weight is 156 g/mol. The summed E-state index contributed by atoms with van der Waals surface area (Å²) < 4.78 is 8.06. The van der Waals surface area contributed by atoms with Crippen LogP contribution in [0.5, 0.6) is 0 Å². The summed E-state index contributed by atoms with van der Waals surface area (Å²) in [5, 5.41) is 0. The van der Waals surface area contributed by atoms with Gasteiger partial charge in [0.15, 0.2) is 0 Å². The Morgan fingerprint density at radius 2 is 1.25 bits per heavy atom. The van der Waals surface area contributed by atoms with E-state index in [1.165, 1.54) is 0 Å². The van der Waals surface area contributed by atoms with Gasteiger partial charge in [-0.1, -0.05) is 0 Å². The monoisotopic (exact) mass is 156 g/mol. The first-order valence-electron chi connectivity index (χ1n) is 0.154. The minimum absolute atomic E-state index is 0. The molecule has 4 heteroatoms. The Balaban J connectivity index is -0.00000000500. The van der Waals surface area contributed by atoms with Gasteiger partial charge in [-0.2, -0.15) is 0 Å². The van der Waals surface area contributed by atoms with Crippen LogP contribution >= 0.6 is 0 Å². The predicted molar refractivity (Wildman–Crippen MR) is 9.23 cm³/mol. The summed E-state index contributed by atoms with van der Waals surface area (Å²) in [7, 11) is 0. The van der Waals surface area contributed by atoms with E-state index >= 15 is 0 Å². The number of hydrogen-bond acceptors (Lipinski definition) is 1. The van der Waals surface area contributed by atoms with Crippen LogP contribution in [0.3, 0.4) is 0 Å². The molecule has 26 valence electrons. The van der Waals surface area contributed by atoms with Crippen molar-refractivity contribution < 1.29 is 36.6 Å². The van der Waals surface area contributed by atoms with Gasteiger partial charge < -0.3 is 0 Å². The molecule has 0 atom stereocenters. The Kier molecular flexibility index (Phi) is 103. The van der Waals surface area contributed by atoms with Crippen molar-refractivity contribution in [1.82, 2.24) is 0 Å². The zero-order valence-corrected chi connectivity index (χ0v) is 3.34. The first-order valence-corrected chi connectivity index (χ1v) is 0.636. The van der Waals surface area contributed by atoms with Gasteiger partial charge in [0.25, 0.3) is 0 Å². The first kappa shape index (κ1) is 17.6. The van der Waals surface area contributed by atoms with Gasteiger partial charge in [0, 0.05) is 16.8 Å². The molecule has 0 aliphatic rings. The van der Waals surface area contributed by atoms with Gasteiger partial charge in [-0.25, -0.2) is 0 Å². The molecule has 0 rings (SSSR count). The topological polar surface area (TPSA) is 17.1 Å². The Hall–Kier alpha value is 1.59. The summed E-state index contributed by atoms with van der Waals surface area (Å²) in [5.74, 6) is 0. The van der Waals surface area contributed by atoms with Gasteiger partial charge in [0.2, 0.25) is 0 Å². The predicted octanol–water partition coefficient (Wildman–Crippen LogP) is -1.04. The van der Waals surface area contributed by atoms with Gasteiger partial charge in [0.05, 0.1) is 0 Å². The standard InChI is InChI=1S/Co.Mg.Mn.O.2H. The Bertz CT molecular complexity index is 8.00. The van der Waals surface area contributed by atoms with E-state index in [0.717, 1.165) is 0 Å². The molecule has 0 aliphatic heterocycles. The molecule has 0 aromatic heterocycles. The molecule has 4 heavy (non-hydrogen) atoms. The van der Waals surface area contributed by atoms with Crippen molar-refractivity contribution in [3.05, 3.63) is 0 Å². The fraction of sp³-hybridized carbons (Fsp3) is 0. The van der Waals surface area contributed by atoms with Gasteiger partial charge >= 0.3 is 42.8 Å². The van der Waals surface area contributed by atoms with E-state index in [-0.39, 0.29) is 39.8 Å². The molecule has 0 fully saturated rings. The summed E-state index contributed by atoms with van der Waals surface area (Å²) >= 11 is 1.69. The van der Waals surface area contributed by atoms with Crippen molar-refractivity contribution >= 4 is 23.1 Å². The van der Waals surface area contributed by atoms with Crippen molar-refractivity contribution in [1.29, 1.82) is 0 Å². The van der Waals surface area contributed by atoms with Crippen molar-refractivity contribution in [3.63, 3.8) is 0 Å². The Labute approximate surface area is 59.3 Å². The van der Waals surface area contributed by atoms with E-state index in [0.29, 0.717) is 0 Å². The Morgan fingerprint density at radius 1 is 1.25 bits per heavy atom. The number of hydrogen-bond donors (Lipinski definition) is 0. The van der Waals surface area contributed by atoms with Gasteiger partial charge in [-0.3, -0.25) is 0 Å². The number of rotatable bonds is 0. The van der Waals surface area contributed by atoms with Crippen LogP contribution in [0.2, 0.25) is 0 Å². The second-order valence-electron chi connectivity index (χ2n) is 0. The van der Waals surface area contributed by atoms with E-state index < -0.39 is 0 Å². The fourth-order valence-electron chi connectivity index (χ4n) is 0. The van der Waals surface area contributed by atoms with Crippen LogP contribution in [0.4, 0.5) is 0 Å². The molecule has 0 N–H and O–H groups in total. The van der Waals surface area contributed by atoms with E-state index in [2.05, 4.69) is 0 Å². The van der Waals surface area contributed by atoms with Crippen molar-refractivity contribution in [2.75, 3.05) is 0 Å². The SMILES string of the molecule is [Co].[MgH2].[O]=[Mn]. The van der Waals surface area contributed by atoms with E-state index in [4.69, 9.17) is 3.83 Å². The molecule has 0 bridgehead atoms. The summed E-state index contributed by atoms with van der Waals surface area (Å²) in [6.45, 7) is 0. The van der Waals surface area contributed by atoms with Crippen LogP contribution in [0, 0.1) is 0 Å². The quantitative estimate of drug-likeness (QED) is 0.409. The first-order chi connectivity index (χ1) is 1.00. The third-order valence-corrected chi connectivity index (χ3v) is 0. The van der Waals surface area contributed by atoms with Gasteiger partial charge in [-0.05, 0) is 0 Å². The molecule has 0 amide bonds. The molecule has 0 aliphatic carbocycles. The molecule has 1 nitrogen and oxygen atoms in total. The summed E-state index contributed by atoms with van der Waals surface area (Å²) in [5.41, 5.74) is 0. The molecular formula is H2CoMgMnO. The molecule has 0 heterocycles. The second kappa shape index (κ2) is 23.4. The minimum atomic E-state index is 0. The van der Waals surface area contributed by atoms with Crippen LogP contribution in [-0.4, -0.2) is 23.1 Å². The van der Waals surface area contributed by atoms with E-state index in [1.54, 1.807) is 15.9 Å². The molecule has 0 spiro atoms. The molecule has 0 saturated carbocycles. The van der Waals surface area contributed by atoms with Crippen LogP contribution in [0.25, 0.3) is 0 Å². The molecule has 0 saturated heterocycles. The summed E-state index contributed by atoms with van der Waals surface area (Å²) in [4.78, 5) is 0.